The maximum absolute atomic E-state index is 10.8. The summed E-state index contributed by atoms with van der Waals surface area (Å²) in [6, 6.07) is 5.23. The fourth-order valence-electron chi connectivity index (χ4n) is 1.96. The molecule has 0 amide bonds. The molecule has 1 aromatic carbocycles. The first kappa shape index (κ1) is 11.3. The average Bonchev–Trinajstić information content (AvgIpc) is 2.95. The highest BCUT2D eigenvalue weighted by atomic mass is 79.9. The minimum absolute atomic E-state index is 0.184. The van der Waals surface area contributed by atoms with Crippen molar-refractivity contribution in [3.63, 3.8) is 0 Å². The van der Waals surface area contributed by atoms with Crippen LogP contribution in [-0.2, 0) is 6.42 Å². The van der Waals surface area contributed by atoms with Gasteiger partial charge in [-0.1, -0.05) is 21.1 Å². The van der Waals surface area contributed by atoms with Gasteiger partial charge in [0.25, 0.3) is 0 Å². The fourth-order valence-corrected chi connectivity index (χ4v) is 2.47. The van der Waals surface area contributed by atoms with Crippen molar-refractivity contribution in [3.05, 3.63) is 34.0 Å². The minimum Gasteiger partial charge on any atom is -0.492 e. The number of halogens is 1. The largest absolute Gasteiger partial charge is 0.492 e. The van der Waals surface area contributed by atoms with Gasteiger partial charge in [0.05, 0.1) is 6.61 Å². The highest BCUT2D eigenvalue weighted by Crippen LogP contribution is 2.39. The number of ether oxygens (including phenoxy) is 1. The molecule has 1 aromatic heterocycles. The Morgan fingerprint density at radius 1 is 1.39 bits per heavy atom. The van der Waals surface area contributed by atoms with E-state index in [1.807, 2.05) is 12.1 Å². The van der Waals surface area contributed by atoms with Gasteiger partial charge in [-0.2, -0.15) is 0 Å². The van der Waals surface area contributed by atoms with Crippen molar-refractivity contribution in [2.45, 2.75) is 6.42 Å². The summed E-state index contributed by atoms with van der Waals surface area (Å²) in [5.74, 6) is -0.568. The topological polar surface area (TPSA) is 72.6 Å². The molecular formula is C12H8BrNO4. The molecular weight excluding hydrogens is 302 g/mol. The lowest BCUT2D eigenvalue weighted by molar-refractivity contribution is 0.0652. The molecule has 3 rings (SSSR count). The van der Waals surface area contributed by atoms with E-state index < -0.39 is 5.97 Å². The van der Waals surface area contributed by atoms with E-state index in [1.54, 1.807) is 0 Å². The van der Waals surface area contributed by atoms with Crippen LogP contribution in [0.4, 0.5) is 0 Å². The molecule has 0 atom stereocenters. The van der Waals surface area contributed by atoms with E-state index in [1.165, 1.54) is 6.07 Å². The number of hydrogen-bond donors (Lipinski definition) is 1. The third kappa shape index (κ3) is 1.78. The maximum atomic E-state index is 10.8. The van der Waals surface area contributed by atoms with E-state index in [2.05, 4.69) is 21.1 Å². The Hall–Kier alpha value is -1.82. The summed E-state index contributed by atoms with van der Waals surface area (Å²) in [5, 5.41) is 12.6. The van der Waals surface area contributed by atoms with E-state index in [0.717, 1.165) is 27.8 Å². The molecule has 0 radical (unpaired) electrons. The Kier molecular flexibility index (Phi) is 2.59. The van der Waals surface area contributed by atoms with Gasteiger partial charge in [-0.15, -0.1) is 0 Å². The first-order valence-electron chi connectivity index (χ1n) is 5.31. The van der Waals surface area contributed by atoms with Crippen molar-refractivity contribution in [1.29, 1.82) is 0 Å². The van der Waals surface area contributed by atoms with Gasteiger partial charge in [-0.3, -0.25) is 0 Å². The van der Waals surface area contributed by atoms with Gasteiger partial charge < -0.3 is 14.4 Å². The van der Waals surface area contributed by atoms with Gasteiger partial charge in [0.1, 0.15) is 11.4 Å². The zero-order valence-corrected chi connectivity index (χ0v) is 10.7. The molecule has 0 saturated heterocycles. The van der Waals surface area contributed by atoms with Crippen molar-refractivity contribution >= 4 is 21.9 Å². The number of rotatable bonds is 2. The van der Waals surface area contributed by atoms with Gasteiger partial charge in [-0.25, -0.2) is 4.79 Å². The molecule has 18 heavy (non-hydrogen) atoms. The molecule has 6 heteroatoms. The second kappa shape index (κ2) is 4.13. The van der Waals surface area contributed by atoms with E-state index in [0.29, 0.717) is 12.3 Å². The lowest BCUT2D eigenvalue weighted by atomic mass is 10.1. The van der Waals surface area contributed by atoms with Crippen LogP contribution in [0.25, 0.3) is 11.3 Å². The van der Waals surface area contributed by atoms with Gasteiger partial charge in [0.15, 0.2) is 0 Å². The van der Waals surface area contributed by atoms with Gasteiger partial charge in [0.2, 0.25) is 5.76 Å². The van der Waals surface area contributed by atoms with E-state index in [4.69, 9.17) is 14.4 Å². The molecule has 2 heterocycles. The zero-order chi connectivity index (χ0) is 12.7. The molecule has 1 aliphatic heterocycles. The van der Waals surface area contributed by atoms with Crippen LogP contribution >= 0.6 is 15.9 Å². The smallest absolute Gasteiger partial charge is 0.374 e. The lowest BCUT2D eigenvalue weighted by Crippen LogP contribution is -1.92. The van der Waals surface area contributed by atoms with E-state index in [9.17, 15) is 4.79 Å². The number of aromatic nitrogens is 1. The quantitative estimate of drug-likeness (QED) is 0.923. The van der Waals surface area contributed by atoms with Crippen LogP contribution in [0.2, 0.25) is 0 Å². The van der Waals surface area contributed by atoms with Gasteiger partial charge >= 0.3 is 5.97 Å². The molecule has 5 nitrogen and oxygen atoms in total. The second-order valence-electron chi connectivity index (χ2n) is 3.92. The molecule has 0 unspecified atom stereocenters. The van der Waals surface area contributed by atoms with Crippen molar-refractivity contribution in [2.75, 3.05) is 6.61 Å². The highest BCUT2D eigenvalue weighted by molar-refractivity contribution is 9.10. The van der Waals surface area contributed by atoms with Crippen LogP contribution < -0.4 is 4.74 Å². The summed E-state index contributed by atoms with van der Waals surface area (Å²) in [5.41, 5.74) is 2.29. The molecule has 0 aliphatic carbocycles. The summed E-state index contributed by atoms with van der Waals surface area (Å²) >= 11 is 3.42. The van der Waals surface area contributed by atoms with Crippen molar-refractivity contribution in [3.8, 4) is 17.0 Å². The molecule has 0 spiro atoms. The lowest BCUT2D eigenvalue weighted by Gasteiger charge is -2.05. The Morgan fingerprint density at radius 2 is 2.22 bits per heavy atom. The van der Waals surface area contributed by atoms with Crippen LogP contribution in [0.5, 0.6) is 5.75 Å². The first-order chi connectivity index (χ1) is 8.65. The first-order valence-corrected chi connectivity index (χ1v) is 6.10. The van der Waals surface area contributed by atoms with Crippen LogP contribution in [0.15, 0.2) is 27.2 Å². The third-order valence-corrected chi connectivity index (χ3v) is 3.20. The number of nitrogens with zero attached hydrogens (tertiary/aromatic N) is 1. The van der Waals surface area contributed by atoms with Crippen LogP contribution in [-0.4, -0.2) is 22.8 Å². The summed E-state index contributed by atoms with van der Waals surface area (Å²) in [6.07, 6.45) is 0.839. The molecule has 92 valence electrons. The van der Waals surface area contributed by atoms with Crippen LogP contribution in [0, 0.1) is 0 Å². The van der Waals surface area contributed by atoms with Gasteiger partial charge in [-0.05, 0) is 17.7 Å². The number of carboxylic acids is 1. The predicted molar refractivity (Wildman–Crippen MR) is 65.8 cm³/mol. The summed E-state index contributed by atoms with van der Waals surface area (Å²) < 4.78 is 11.2. The Bertz CT molecular complexity index is 635. The standard InChI is InChI=1S/C12H8BrNO4/c13-7-3-6-1-2-17-11(6)8(4-7)9-5-10(12(15)16)18-14-9/h3-5H,1-2H2,(H,15,16). The average molecular weight is 310 g/mol. The summed E-state index contributed by atoms with van der Waals surface area (Å²) in [7, 11) is 0. The zero-order valence-electron chi connectivity index (χ0n) is 9.14. The van der Waals surface area contributed by atoms with Crippen molar-refractivity contribution in [2.24, 2.45) is 0 Å². The molecule has 2 aromatic rings. The van der Waals surface area contributed by atoms with Crippen LogP contribution in [0.1, 0.15) is 16.1 Å². The van der Waals surface area contributed by atoms with Crippen molar-refractivity contribution in [1.82, 2.24) is 5.16 Å². The SMILES string of the molecule is O=C(O)c1cc(-c2cc(Br)cc3c2OCC3)no1. The predicted octanol–water partition coefficient (Wildman–Crippen LogP) is 2.74. The molecule has 0 bridgehead atoms. The maximum Gasteiger partial charge on any atom is 0.374 e. The van der Waals surface area contributed by atoms with Crippen molar-refractivity contribution < 1.29 is 19.2 Å². The molecule has 1 aliphatic rings. The Labute approximate surface area is 110 Å². The highest BCUT2D eigenvalue weighted by Gasteiger charge is 2.21. The second-order valence-corrected chi connectivity index (χ2v) is 4.84. The number of hydrogen-bond acceptors (Lipinski definition) is 4. The van der Waals surface area contributed by atoms with Gasteiger partial charge in [0, 0.05) is 22.5 Å². The van der Waals surface area contributed by atoms with E-state index in [-0.39, 0.29) is 5.76 Å². The molecule has 0 fully saturated rings. The number of aromatic carboxylic acids is 1. The summed E-state index contributed by atoms with van der Waals surface area (Å²) in [4.78, 5) is 10.8. The Morgan fingerprint density at radius 3 is 2.94 bits per heavy atom. The summed E-state index contributed by atoms with van der Waals surface area (Å²) in [6.45, 7) is 0.627. The molecule has 1 N–H and O–H groups in total. The molecule has 0 saturated carbocycles. The third-order valence-electron chi connectivity index (χ3n) is 2.75. The number of carboxylic acid groups (broad SMARTS) is 1. The van der Waals surface area contributed by atoms with E-state index >= 15 is 0 Å². The number of benzene rings is 1. The number of fused-ring (bicyclic) bond motifs is 1. The Balaban J connectivity index is 2.13. The normalized spacial score (nSPS) is 13.2. The number of carbonyl (C=O) groups is 1. The monoisotopic (exact) mass is 309 g/mol. The fraction of sp³-hybridized carbons (Fsp3) is 0.167. The minimum atomic E-state index is -1.14. The van der Waals surface area contributed by atoms with Crippen LogP contribution in [0.3, 0.4) is 0 Å².